The van der Waals surface area contributed by atoms with Gasteiger partial charge in [-0.15, -0.1) is 0 Å². The monoisotopic (exact) mass is 335 g/mol. The van der Waals surface area contributed by atoms with Crippen LogP contribution in [0.15, 0.2) is 18.2 Å². The predicted molar refractivity (Wildman–Crippen MR) is 88.1 cm³/mol. The Morgan fingerprint density at radius 3 is 2.54 bits per heavy atom. The molecule has 2 rings (SSSR count). The second kappa shape index (κ2) is 7.29. The molecule has 0 radical (unpaired) electrons. The highest BCUT2D eigenvalue weighted by Crippen LogP contribution is 2.31. The maximum Gasteiger partial charge on any atom is 0.326 e. The van der Waals surface area contributed by atoms with Crippen molar-refractivity contribution in [3.63, 3.8) is 0 Å². The lowest BCUT2D eigenvalue weighted by Crippen LogP contribution is -2.41. The number of carboxylic acid groups (broad SMARTS) is 1. The Hall–Kier alpha value is -2.64. The van der Waals surface area contributed by atoms with Crippen molar-refractivity contribution >= 4 is 23.3 Å². The van der Waals surface area contributed by atoms with E-state index in [1.165, 1.54) is 18.2 Å². The summed E-state index contributed by atoms with van der Waals surface area (Å²) in [7, 11) is 0. The number of anilines is 1. The molecule has 0 spiro atoms. The van der Waals surface area contributed by atoms with Gasteiger partial charge in [0.2, 0.25) is 0 Å². The van der Waals surface area contributed by atoms with Gasteiger partial charge in [-0.3, -0.25) is 14.9 Å². The second-order valence-corrected chi connectivity index (χ2v) is 6.40. The number of aliphatic carboxylic acids is 1. The molecular weight excluding hydrogens is 314 g/mol. The standard InChI is InChI=1S/C16H21N3O5/c1-9(2)7-13(16(21)22)18-15(20)10-3-6-12(17-11-4-5-11)14(8-10)19(23)24/h3,6,8-9,11,13,17H,4-5,7H2,1-2H3,(H,18,20)(H,21,22). The molecular formula is C16H21N3O5. The Balaban J connectivity index is 2.17. The molecule has 130 valence electrons. The lowest BCUT2D eigenvalue weighted by molar-refractivity contribution is -0.384. The summed E-state index contributed by atoms with van der Waals surface area (Å²) in [5.41, 5.74) is 0.249. The maximum absolute atomic E-state index is 12.2. The fourth-order valence-electron chi connectivity index (χ4n) is 2.33. The quantitative estimate of drug-likeness (QED) is 0.495. The van der Waals surface area contributed by atoms with E-state index in [1.54, 1.807) is 0 Å². The van der Waals surface area contributed by atoms with E-state index >= 15 is 0 Å². The van der Waals surface area contributed by atoms with E-state index in [0.717, 1.165) is 12.8 Å². The first-order valence-electron chi connectivity index (χ1n) is 7.86. The molecule has 0 heterocycles. The van der Waals surface area contributed by atoms with Crippen LogP contribution in [0.3, 0.4) is 0 Å². The van der Waals surface area contributed by atoms with E-state index in [-0.39, 0.29) is 29.6 Å². The second-order valence-electron chi connectivity index (χ2n) is 6.40. The molecule has 1 aromatic carbocycles. The van der Waals surface area contributed by atoms with Crippen LogP contribution in [0.5, 0.6) is 0 Å². The largest absolute Gasteiger partial charge is 0.480 e. The van der Waals surface area contributed by atoms with Gasteiger partial charge in [0.1, 0.15) is 11.7 Å². The van der Waals surface area contributed by atoms with Crippen molar-refractivity contribution in [2.45, 2.75) is 45.2 Å². The normalized spacial score (nSPS) is 15.0. The van der Waals surface area contributed by atoms with Gasteiger partial charge >= 0.3 is 5.97 Å². The molecule has 1 aliphatic rings. The number of nitrogens with zero attached hydrogens (tertiary/aromatic N) is 1. The van der Waals surface area contributed by atoms with Crippen molar-refractivity contribution in [3.8, 4) is 0 Å². The van der Waals surface area contributed by atoms with Crippen molar-refractivity contribution in [1.82, 2.24) is 5.32 Å². The number of hydrogen-bond acceptors (Lipinski definition) is 5. The lowest BCUT2D eigenvalue weighted by atomic mass is 10.0. The summed E-state index contributed by atoms with van der Waals surface area (Å²) < 4.78 is 0. The number of nitrogens with one attached hydrogen (secondary N) is 2. The van der Waals surface area contributed by atoms with Crippen LogP contribution < -0.4 is 10.6 Å². The molecule has 1 unspecified atom stereocenters. The summed E-state index contributed by atoms with van der Waals surface area (Å²) >= 11 is 0. The van der Waals surface area contributed by atoms with Gasteiger partial charge in [0, 0.05) is 17.7 Å². The number of benzene rings is 1. The molecule has 8 nitrogen and oxygen atoms in total. The fourth-order valence-corrected chi connectivity index (χ4v) is 2.33. The van der Waals surface area contributed by atoms with Crippen molar-refractivity contribution in [2.24, 2.45) is 5.92 Å². The number of rotatable bonds is 8. The average Bonchev–Trinajstić information content (AvgIpc) is 3.30. The highest BCUT2D eigenvalue weighted by atomic mass is 16.6. The van der Waals surface area contributed by atoms with Crippen LogP contribution in [0.4, 0.5) is 11.4 Å². The number of carbonyl (C=O) groups excluding carboxylic acids is 1. The molecule has 1 amide bonds. The van der Waals surface area contributed by atoms with Gasteiger partial charge in [-0.05, 0) is 37.3 Å². The Bertz CT molecular complexity index is 655. The van der Waals surface area contributed by atoms with E-state index < -0.39 is 22.8 Å². The maximum atomic E-state index is 12.2. The van der Waals surface area contributed by atoms with Gasteiger partial charge in [-0.1, -0.05) is 13.8 Å². The van der Waals surface area contributed by atoms with Crippen LogP contribution in [0.2, 0.25) is 0 Å². The van der Waals surface area contributed by atoms with E-state index in [9.17, 15) is 24.8 Å². The molecule has 24 heavy (non-hydrogen) atoms. The number of carboxylic acids is 1. The minimum absolute atomic E-state index is 0.0676. The molecule has 1 saturated carbocycles. The Morgan fingerprint density at radius 1 is 1.38 bits per heavy atom. The van der Waals surface area contributed by atoms with Crippen LogP contribution in [-0.2, 0) is 4.79 Å². The highest BCUT2D eigenvalue weighted by Gasteiger charge is 2.27. The first-order valence-corrected chi connectivity index (χ1v) is 7.86. The Morgan fingerprint density at radius 2 is 2.04 bits per heavy atom. The van der Waals surface area contributed by atoms with Crippen molar-refractivity contribution in [2.75, 3.05) is 5.32 Å². The summed E-state index contributed by atoms with van der Waals surface area (Å²) in [5, 5.41) is 25.9. The van der Waals surface area contributed by atoms with Gasteiger partial charge in [-0.25, -0.2) is 4.79 Å². The Labute approximate surface area is 139 Å². The number of hydrogen-bond donors (Lipinski definition) is 3. The van der Waals surface area contributed by atoms with Gasteiger partial charge < -0.3 is 15.7 Å². The zero-order valence-electron chi connectivity index (χ0n) is 13.6. The molecule has 0 aliphatic heterocycles. The number of amides is 1. The van der Waals surface area contributed by atoms with E-state index in [4.69, 9.17) is 0 Å². The van der Waals surface area contributed by atoms with E-state index in [1.807, 2.05) is 13.8 Å². The van der Waals surface area contributed by atoms with E-state index in [0.29, 0.717) is 5.69 Å². The predicted octanol–water partition coefficient (Wildman–Crippen LogP) is 2.40. The molecule has 1 aromatic rings. The molecule has 1 aliphatic carbocycles. The SMILES string of the molecule is CC(C)CC(NC(=O)c1ccc(NC2CC2)c([N+](=O)[O-])c1)C(=O)O. The topological polar surface area (TPSA) is 122 Å². The van der Waals surface area contributed by atoms with Crippen LogP contribution in [0.1, 0.15) is 43.5 Å². The number of nitro groups is 1. The van der Waals surface area contributed by atoms with Crippen LogP contribution in [0.25, 0.3) is 0 Å². The van der Waals surface area contributed by atoms with Crippen molar-refractivity contribution in [3.05, 3.63) is 33.9 Å². The minimum Gasteiger partial charge on any atom is -0.480 e. The highest BCUT2D eigenvalue weighted by molar-refractivity contribution is 5.97. The minimum atomic E-state index is -1.13. The summed E-state index contributed by atoms with van der Waals surface area (Å²) in [4.78, 5) is 34.1. The molecule has 0 saturated heterocycles. The zero-order chi connectivity index (χ0) is 17.9. The molecule has 1 atom stereocenters. The molecule has 0 bridgehead atoms. The van der Waals surface area contributed by atoms with E-state index in [2.05, 4.69) is 10.6 Å². The zero-order valence-corrected chi connectivity index (χ0v) is 13.6. The molecule has 3 N–H and O–H groups in total. The smallest absolute Gasteiger partial charge is 0.326 e. The Kier molecular flexibility index (Phi) is 5.38. The summed E-state index contributed by atoms with van der Waals surface area (Å²) in [6.07, 6.45) is 2.22. The fraction of sp³-hybridized carbons (Fsp3) is 0.500. The van der Waals surface area contributed by atoms with Crippen LogP contribution in [0, 0.1) is 16.0 Å². The van der Waals surface area contributed by atoms with Gasteiger partial charge in [0.15, 0.2) is 0 Å². The summed E-state index contributed by atoms with van der Waals surface area (Å²) in [5.74, 6) is -1.67. The third kappa shape index (κ3) is 4.68. The van der Waals surface area contributed by atoms with Crippen molar-refractivity contribution in [1.29, 1.82) is 0 Å². The average molecular weight is 335 g/mol. The molecule has 1 fully saturated rings. The van der Waals surface area contributed by atoms with Crippen LogP contribution >= 0.6 is 0 Å². The summed E-state index contributed by atoms with van der Waals surface area (Å²) in [6.45, 7) is 3.70. The molecule has 0 aromatic heterocycles. The van der Waals surface area contributed by atoms with Gasteiger partial charge in [0.05, 0.1) is 4.92 Å². The van der Waals surface area contributed by atoms with Crippen molar-refractivity contribution < 1.29 is 19.6 Å². The summed E-state index contributed by atoms with van der Waals surface area (Å²) in [6, 6.07) is 3.34. The number of nitro benzene ring substituents is 1. The third-order valence-electron chi connectivity index (χ3n) is 3.70. The van der Waals surface area contributed by atoms with Gasteiger partial charge in [-0.2, -0.15) is 0 Å². The first-order chi connectivity index (χ1) is 11.3. The first kappa shape index (κ1) is 17.7. The van der Waals surface area contributed by atoms with Gasteiger partial charge in [0.25, 0.3) is 11.6 Å². The number of carbonyl (C=O) groups is 2. The lowest BCUT2D eigenvalue weighted by Gasteiger charge is -2.16. The molecule has 8 heteroatoms. The third-order valence-corrected chi connectivity index (χ3v) is 3.70. The van der Waals surface area contributed by atoms with Crippen LogP contribution in [-0.4, -0.2) is 34.0 Å².